The van der Waals surface area contributed by atoms with Gasteiger partial charge >= 0.3 is 0 Å². The highest BCUT2D eigenvalue weighted by atomic mass is 32.2. The number of carbonyl (C=O) groups excluding carboxylic acids is 1. The summed E-state index contributed by atoms with van der Waals surface area (Å²) in [5.41, 5.74) is 0.242. The number of aromatic amines is 1. The molecule has 2 N–H and O–H groups in total. The standard InChI is InChI=1S/C27H42N4O4S/c1-19(2)16-30(17-20(3)4)12-7-11-28-27(33)24-15-26(32)29-25-10-9-22(14-23(24)25)36(34,35)31-13-6-8-21(5)18-31/h9-10,14-15,19-21H,6-8,11-13,16-18H2,1-5H3,(H,28,33)(H,29,32)/t21-/m1/s1. The van der Waals surface area contributed by atoms with Crippen LogP contribution in [0.4, 0.5) is 0 Å². The molecule has 1 aromatic heterocycles. The van der Waals surface area contributed by atoms with Crippen LogP contribution in [0.5, 0.6) is 0 Å². The van der Waals surface area contributed by atoms with E-state index in [9.17, 15) is 18.0 Å². The van der Waals surface area contributed by atoms with E-state index in [-0.39, 0.29) is 16.4 Å². The van der Waals surface area contributed by atoms with Crippen LogP contribution >= 0.6 is 0 Å². The van der Waals surface area contributed by atoms with Crippen molar-refractivity contribution in [1.82, 2.24) is 19.5 Å². The summed E-state index contributed by atoms with van der Waals surface area (Å²) in [4.78, 5) is 30.6. The molecule has 0 spiro atoms. The van der Waals surface area contributed by atoms with Gasteiger partial charge in [-0.15, -0.1) is 0 Å². The van der Waals surface area contributed by atoms with Crippen molar-refractivity contribution in [2.75, 3.05) is 39.3 Å². The van der Waals surface area contributed by atoms with Gasteiger partial charge in [0.1, 0.15) is 0 Å². The maximum atomic E-state index is 13.3. The molecule has 8 nitrogen and oxygen atoms in total. The van der Waals surface area contributed by atoms with E-state index >= 15 is 0 Å². The van der Waals surface area contributed by atoms with Gasteiger partial charge < -0.3 is 15.2 Å². The van der Waals surface area contributed by atoms with Gasteiger partial charge in [-0.05, 0) is 61.8 Å². The van der Waals surface area contributed by atoms with Crippen molar-refractivity contribution in [2.24, 2.45) is 17.8 Å². The average Bonchev–Trinajstić information content (AvgIpc) is 2.80. The van der Waals surface area contributed by atoms with E-state index in [4.69, 9.17) is 0 Å². The molecule has 3 rings (SSSR count). The number of nitrogens with one attached hydrogen (secondary N) is 2. The second-order valence-electron chi connectivity index (χ2n) is 11.0. The Balaban J connectivity index is 1.76. The summed E-state index contributed by atoms with van der Waals surface area (Å²) >= 11 is 0. The minimum absolute atomic E-state index is 0.142. The number of hydrogen-bond donors (Lipinski definition) is 2. The molecule has 0 unspecified atom stereocenters. The summed E-state index contributed by atoms with van der Waals surface area (Å²) in [5, 5.41) is 3.36. The fourth-order valence-electron chi connectivity index (χ4n) is 4.98. The Labute approximate surface area is 215 Å². The van der Waals surface area contributed by atoms with Crippen molar-refractivity contribution in [3.05, 3.63) is 40.2 Å². The van der Waals surface area contributed by atoms with Crippen molar-refractivity contribution in [1.29, 1.82) is 0 Å². The molecule has 2 heterocycles. The van der Waals surface area contributed by atoms with Gasteiger partial charge in [-0.25, -0.2) is 8.42 Å². The highest BCUT2D eigenvalue weighted by Crippen LogP contribution is 2.26. The predicted molar refractivity (Wildman–Crippen MR) is 145 cm³/mol. The second-order valence-corrected chi connectivity index (χ2v) is 13.0. The van der Waals surface area contributed by atoms with Gasteiger partial charge in [-0.1, -0.05) is 34.6 Å². The number of sulfonamides is 1. The van der Waals surface area contributed by atoms with Gasteiger partial charge in [0.25, 0.3) is 5.91 Å². The first kappa shape index (κ1) is 28.3. The van der Waals surface area contributed by atoms with Crippen LogP contribution in [0.25, 0.3) is 10.9 Å². The number of piperidine rings is 1. The Morgan fingerprint density at radius 1 is 1.17 bits per heavy atom. The van der Waals surface area contributed by atoms with Crippen LogP contribution in [0.1, 0.15) is 64.2 Å². The Morgan fingerprint density at radius 2 is 1.86 bits per heavy atom. The first-order chi connectivity index (χ1) is 17.0. The number of benzene rings is 1. The zero-order chi connectivity index (χ0) is 26.5. The fraction of sp³-hybridized carbons (Fsp3) is 0.630. The lowest BCUT2D eigenvalue weighted by atomic mass is 10.0. The molecule has 9 heteroatoms. The first-order valence-electron chi connectivity index (χ1n) is 13.1. The van der Waals surface area contributed by atoms with Gasteiger partial charge in [0.2, 0.25) is 15.6 Å². The van der Waals surface area contributed by atoms with E-state index in [0.717, 1.165) is 38.9 Å². The number of carbonyl (C=O) groups is 1. The van der Waals surface area contributed by atoms with Crippen LogP contribution in [0.15, 0.2) is 34.0 Å². The van der Waals surface area contributed by atoms with Crippen LogP contribution < -0.4 is 10.9 Å². The van der Waals surface area contributed by atoms with E-state index < -0.39 is 15.6 Å². The van der Waals surface area contributed by atoms with E-state index in [1.807, 2.05) is 0 Å². The van der Waals surface area contributed by atoms with E-state index in [1.54, 1.807) is 6.07 Å². The summed E-state index contributed by atoms with van der Waals surface area (Å²) in [5.74, 6) is 1.08. The fourth-order valence-corrected chi connectivity index (χ4v) is 6.61. The van der Waals surface area contributed by atoms with Crippen molar-refractivity contribution >= 4 is 26.8 Å². The summed E-state index contributed by atoms with van der Waals surface area (Å²) in [7, 11) is -3.69. The maximum absolute atomic E-state index is 13.3. The minimum atomic E-state index is -3.69. The zero-order valence-electron chi connectivity index (χ0n) is 22.3. The molecule has 36 heavy (non-hydrogen) atoms. The predicted octanol–water partition coefficient (Wildman–Crippen LogP) is 3.68. The molecule has 1 atom stereocenters. The monoisotopic (exact) mass is 518 g/mol. The number of rotatable bonds is 11. The number of amides is 1. The second kappa shape index (κ2) is 12.3. The summed E-state index contributed by atoms with van der Waals surface area (Å²) in [6.07, 6.45) is 2.64. The highest BCUT2D eigenvalue weighted by Gasteiger charge is 2.29. The largest absolute Gasteiger partial charge is 0.352 e. The van der Waals surface area contributed by atoms with Crippen LogP contribution in [0, 0.1) is 17.8 Å². The molecular weight excluding hydrogens is 476 g/mol. The van der Waals surface area contributed by atoms with E-state index in [1.165, 1.54) is 22.5 Å². The van der Waals surface area contributed by atoms with Gasteiger partial charge in [0.15, 0.2) is 0 Å². The van der Waals surface area contributed by atoms with Crippen molar-refractivity contribution in [3.8, 4) is 0 Å². The molecule has 1 fully saturated rings. The summed E-state index contributed by atoms with van der Waals surface area (Å²) in [6.45, 7) is 15.2. The Morgan fingerprint density at radius 3 is 2.50 bits per heavy atom. The molecule has 1 aliphatic heterocycles. The van der Waals surface area contributed by atoms with Crippen LogP contribution in [0.3, 0.4) is 0 Å². The average molecular weight is 519 g/mol. The van der Waals surface area contributed by atoms with Gasteiger partial charge in [0, 0.05) is 49.7 Å². The minimum Gasteiger partial charge on any atom is -0.352 e. The third-order valence-corrected chi connectivity index (χ3v) is 8.36. The zero-order valence-corrected chi connectivity index (χ0v) is 23.2. The molecule has 200 valence electrons. The number of nitrogens with zero attached hydrogens (tertiary/aromatic N) is 2. The van der Waals surface area contributed by atoms with Gasteiger partial charge in [-0.3, -0.25) is 9.59 Å². The topological polar surface area (TPSA) is 103 Å². The molecule has 0 radical (unpaired) electrons. The van der Waals surface area contributed by atoms with E-state index in [2.05, 4.69) is 49.8 Å². The lowest BCUT2D eigenvalue weighted by Crippen LogP contribution is -2.39. The van der Waals surface area contributed by atoms with Crippen molar-refractivity contribution in [3.63, 3.8) is 0 Å². The molecule has 1 aliphatic rings. The Bertz CT molecular complexity index is 1200. The van der Waals surface area contributed by atoms with Crippen LogP contribution in [0.2, 0.25) is 0 Å². The van der Waals surface area contributed by atoms with Crippen molar-refractivity contribution < 1.29 is 13.2 Å². The normalized spacial score (nSPS) is 17.4. The van der Waals surface area contributed by atoms with Crippen LogP contribution in [-0.4, -0.2) is 67.8 Å². The smallest absolute Gasteiger partial charge is 0.252 e. The lowest BCUT2D eigenvalue weighted by molar-refractivity contribution is 0.0952. The summed E-state index contributed by atoms with van der Waals surface area (Å²) in [6, 6.07) is 5.85. The van der Waals surface area contributed by atoms with Gasteiger partial charge in [0.05, 0.1) is 10.5 Å². The van der Waals surface area contributed by atoms with Crippen molar-refractivity contribution in [2.45, 2.75) is 58.8 Å². The number of aromatic nitrogens is 1. The molecule has 0 bridgehead atoms. The molecule has 0 aliphatic carbocycles. The first-order valence-corrected chi connectivity index (χ1v) is 14.6. The number of fused-ring (bicyclic) bond motifs is 1. The third kappa shape index (κ3) is 7.40. The third-order valence-electron chi connectivity index (χ3n) is 6.50. The molecule has 1 amide bonds. The summed E-state index contributed by atoms with van der Waals surface area (Å²) < 4.78 is 28.1. The number of hydrogen-bond acceptors (Lipinski definition) is 5. The molecule has 1 saturated heterocycles. The molecular formula is C27H42N4O4S. The maximum Gasteiger partial charge on any atom is 0.252 e. The highest BCUT2D eigenvalue weighted by molar-refractivity contribution is 7.89. The van der Waals surface area contributed by atoms with Crippen LogP contribution in [-0.2, 0) is 10.0 Å². The number of H-pyrrole nitrogens is 1. The quantitative estimate of drug-likeness (QED) is 0.442. The molecule has 2 aromatic rings. The van der Waals surface area contributed by atoms with Gasteiger partial charge in [-0.2, -0.15) is 4.31 Å². The molecule has 0 saturated carbocycles. The van der Waals surface area contributed by atoms with E-state index in [0.29, 0.717) is 48.3 Å². The lowest BCUT2D eigenvalue weighted by Gasteiger charge is -2.30. The number of pyridine rings is 1. The SMILES string of the molecule is CC(C)CN(CCCNC(=O)c1cc(=O)[nH]c2ccc(S(=O)(=O)N3CCC[C@@H](C)C3)cc12)CC(C)C. The Hall–Kier alpha value is -2.23. The Kier molecular flexibility index (Phi) is 9.72. The molecule has 1 aromatic carbocycles.